The zero-order valence-corrected chi connectivity index (χ0v) is 19.2. The van der Waals surface area contributed by atoms with Gasteiger partial charge in [0, 0.05) is 24.1 Å². The number of nitro groups is 1. The molecule has 0 bridgehead atoms. The summed E-state index contributed by atoms with van der Waals surface area (Å²) in [5, 5.41) is 15.9. The van der Waals surface area contributed by atoms with Gasteiger partial charge in [-0.05, 0) is 68.9 Å². The second kappa shape index (κ2) is 8.58. The van der Waals surface area contributed by atoms with E-state index in [1.807, 2.05) is 36.6 Å². The van der Waals surface area contributed by atoms with Gasteiger partial charge < -0.3 is 19.5 Å². The topological polar surface area (TPSA) is 85.5 Å². The maximum atomic E-state index is 11.8. The molecule has 166 valence electrons. The molecule has 1 aromatic carbocycles. The number of ether oxygens (including phenoxy) is 1. The summed E-state index contributed by atoms with van der Waals surface area (Å²) >= 11 is 5.63. The first-order valence-corrected chi connectivity index (χ1v) is 10.8. The fourth-order valence-corrected chi connectivity index (χ4v) is 4.88. The van der Waals surface area contributed by atoms with E-state index < -0.39 is 0 Å². The Balaban J connectivity index is 1.87. The number of nitrogens with one attached hydrogen (secondary N) is 1. The third-order valence-electron chi connectivity index (χ3n) is 5.95. The largest absolute Gasteiger partial charge is 0.496 e. The molecular formula is C23H25N5O3S. The molecule has 0 aliphatic carbocycles. The highest BCUT2D eigenvalue weighted by Gasteiger charge is 2.40. The van der Waals surface area contributed by atoms with Crippen molar-refractivity contribution in [1.82, 2.24) is 19.8 Å². The van der Waals surface area contributed by atoms with E-state index in [2.05, 4.69) is 28.2 Å². The Bertz CT molecular complexity index is 1180. The van der Waals surface area contributed by atoms with Gasteiger partial charge >= 0.3 is 0 Å². The van der Waals surface area contributed by atoms with E-state index in [9.17, 15) is 10.1 Å². The standard InChI is InChI=1S/C23H25N5O3S/c1-5-26-22(21(25-23(26)32)18-8-6-7-11-24-18)17-12-14(2)27(15(17)3)19-10-9-16(31-4)13-20(19)28(29)30/h6-13,21-22H,5H2,1-4H3,(H,25,32). The third kappa shape index (κ3) is 3.58. The van der Waals surface area contributed by atoms with Gasteiger partial charge in [-0.2, -0.15) is 0 Å². The number of likely N-dealkylation sites (N-methyl/N-ethyl adjacent to an activating group) is 1. The van der Waals surface area contributed by atoms with Crippen molar-refractivity contribution in [1.29, 1.82) is 0 Å². The van der Waals surface area contributed by atoms with Gasteiger partial charge in [-0.25, -0.2) is 0 Å². The van der Waals surface area contributed by atoms with Crippen molar-refractivity contribution in [3.05, 3.63) is 81.4 Å². The minimum atomic E-state index is -0.377. The molecule has 1 fully saturated rings. The first-order valence-electron chi connectivity index (χ1n) is 10.4. The maximum Gasteiger partial charge on any atom is 0.296 e. The molecule has 4 rings (SSSR count). The maximum absolute atomic E-state index is 11.8. The summed E-state index contributed by atoms with van der Waals surface area (Å²) in [5.74, 6) is 0.445. The lowest BCUT2D eigenvalue weighted by Crippen LogP contribution is -2.29. The number of nitrogens with zero attached hydrogens (tertiary/aromatic N) is 4. The minimum absolute atomic E-state index is 0.00797. The van der Waals surface area contributed by atoms with Crippen molar-refractivity contribution < 1.29 is 9.66 Å². The highest BCUT2D eigenvalue weighted by molar-refractivity contribution is 7.80. The molecule has 0 spiro atoms. The summed E-state index contributed by atoms with van der Waals surface area (Å²) in [7, 11) is 1.50. The van der Waals surface area contributed by atoms with Crippen molar-refractivity contribution in [3.8, 4) is 11.4 Å². The van der Waals surface area contributed by atoms with E-state index in [0.29, 0.717) is 16.5 Å². The average Bonchev–Trinajstić information content (AvgIpc) is 3.28. The molecule has 32 heavy (non-hydrogen) atoms. The molecule has 1 N–H and O–H groups in total. The van der Waals surface area contributed by atoms with Gasteiger partial charge in [0.15, 0.2) is 5.11 Å². The third-order valence-corrected chi connectivity index (χ3v) is 6.30. The van der Waals surface area contributed by atoms with Gasteiger partial charge in [0.25, 0.3) is 5.69 Å². The van der Waals surface area contributed by atoms with Crippen LogP contribution in [-0.2, 0) is 0 Å². The Hall–Kier alpha value is -3.46. The molecule has 3 aromatic rings. The van der Waals surface area contributed by atoms with E-state index in [1.165, 1.54) is 13.2 Å². The van der Waals surface area contributed by atoms with Gasteiger partial charge in [-0.1, -0.05) is 6.07 Å². The number of aromatic nitrogens is 2. The van der Waals surface area contributed by atoms with Crippen molar-refractivity contribution in [2.24, 2.45) is 0 Å². The molecule has 2 unspecified atom stereocenters. The van der Waals surface area contributed by atoms with Gasteiger partial charge in [0.1, 0.15) is 11.4 Å². The molecule has 0 radical (unpaired) electrons. The zero-order chi connectivity index (χ0) is 23.0. The van der Waals surface area contributed by atoms with Crippen LogP contribution in [0.15, 0.2) is 48.7 Å². The van der Waals surface area contributed by atoms with E-state index in [4.69, 9.17) is 17.0 Å². The lowest BCUT2D eigenvalue weighted by Gasteiger charge is -2.27. The first kappa shape index (κ1) is 21.8. The van der Waals surface area contributed by atoms with Crippen LogP contribution in [0.2, 0.25) is 0 Å². The molecule has 3 heterocycles. The van der Waals surface area contributed by atoms with Crippen LogP contribution in [-0.4, -0.2) is 38.1 Å². The Morgan fingerprint density at radius 2 is 2.03 bits per heavy atom. The number of benzene rings is 1. The molecule has 8 nitrogen and oxygen atoms in total. The van der Waals surface area contributed by atoms with E-state index in [-0.39, 0.29) is 22.7 Å². The second-order valence-electron chi connectivity index (χ2n) is 7.69. The molecule has 2 atom stereocenters. The van der Waals surface area contributed by atoms with Gasteiger partial charge in [0.05, 0.1) is 35.9 Å². The highest BCUT2D eigenvalue weighted by atomic mass is 32.1. The van der Waals surface area contributed by atoms with Crippen LogP contribution < -0.4 is 10.1 Å². The van der Waals surface area contributed by atoms with Crippen LogP contribution in [0, 0.1) is 24.0 Å². The van der Waals surface area contributed by atoms with Crippen molar-refractivity contribution in [2.75, 3.05) is 13.7 Å². The SMILES string of the molecule is CCN1C(=S)NC(c2ccccn2)C1c1cc(C)n(-c2ccc(OC)cc2[N+](=O)[O-])c1C. The zero-order valence-electron chi connectivity index (χ0n) is 18.4. The number of methoxy groups -OCH3 is 1. The van der Waals surface area contributed by atoms with Crippen LogP contribution >= 0.6 is 12.2 Å². The molecule has 0 amide bonds. The van der Waals surface area contributed by atoms with Crippen molar-refractivity contribution in [3.63, 3.8) is 0 Å². The van der Waals surface area contributed by atoms with Gasteiger partial charge in [-0.3, -0.25) is 15.1 Å². The number of hydrogen-bond acceptors (Lipinski definition) is 5. The lowest BCUT2D eigenvalue weighted by atomic mass is 9.97. The molecule has 0 saturated carbocycles. The van der Waals surface area contributed by atoms with Crippen LogP contribution in [0.1, 0.15) is 41.7 Å². The Labute approximate surface area is 192 Å². The molecule has 1 aliphatic rings. The van der Waals surface area contributed by atoms with Crippen LogP contribution in [0.25, 0.3) is 5.69 Å². The quantitative estimate of drug-likeness (QED) is 0.338. The Kier molecular flexibility index (Phi) is 5.84. The van der Waals surface area contributed by atoms with Crippen molar-refractivity contribution >= 4 is 23.0 Å². The number of aryl methyl sites for hydroxylation is 1. The normalized spacial score (nSPS) is 18.0. The number of nitro benzene ring substituents is 1. The number of pyridine rings is 1. The van der Waals surface area contributed by atoms with Crippen LogP contribution in [0.5, 0.6) is 5.75 Å². The summed E-state index contributed by atoms with van der Waals surface area (Å²) < 4.78 is 7.12. The van der Waals surface area contributed by atoms with Crippen molar-refractivity contribution in [2.45, 2.75) is 32.9 Å². The molecule has 2 aromatic heterocycles. The molecule has 9 heteroatoms. The fraction of sp³-hybridized carbons (Fsp3) is 0.304. The summed E-state index contributed by atoms with van der Waals surface area (Å²) in [6.45, 7) is 6.74. The summed E-state index contributed by atoms with van der Waals surface area (Å²) in [6, 6.07) is 12.6. The molecule has 1 saturated heterocycles. The van der Waals surface area contributed by atoms with E-state index in [0.717, 1.165) is 29.2 Å². The minimum Gasteiger partial charge on any atom is -0.496 e. The van der Waals surface area contributed by atoms with Gasteiger partial charge in [-0.15, -0.1) is 0 Å². The predicted molar refractivity (Wildman–Crippen MR) is 126 cm³/mol. The smallest absolute Gasteiger partial charge is 0.296 e. The lowest BCUT2D eigenvalue weighted by molar-refractivity contribution is -0.384. The monoisotopic (exact) mass is 451 g/mol. The van der Waals surface area contributed by atoms with E-state index in [1.54, 1.807) is 18.3 Å². The molecular weight excluding hydrogens is 426 g/mol. The van der Waals surface area contributed by atoms with E-state index >= 15 is 0 Å². The molecule has 1 aliphatic heterocycles. The summed E-state index contributed by atoms with van der Waals surface area (Å²) in [6.07, 6.45) is 1.77. The number of rotatable bonds is 6. The average molecular weight is 452 g/mol. The highest BCUT2D eigenvalue weighted by Crippen LogP contribution is 2.42. The number of hydrogen-bond donors (Lipinski definition) is 1. The first-order chi connectivity index (χ1) is 15.4. The van der Waals surface area contributed by atoms with Gasteiger partial charge in [0.2, 0.25) is 0 Å². The Morgan fingerprint density at radius 3 is 2.66 bits per heavy atom. The fourth-order valence-electron chi connectivity index (χ4n) is 4.51. The summed E-state index contributed by atoms with van der Waals surface area (Å²) in [5.41, 5.74) is 4.27. The Morgan fingerprint density at radius 1 is 1.25 bits per heavy atom. The predicted octanol–water partition coefficient (Wildman–Crippen LogP) is 4.40. The van der Waals surface area contributed by atoms with Crippen LogP contribution in [0.4, 0.5) is 5.69 Å². The second-order valence-corrected chi connectivity index (χ2v) is 8.07. The van der Waals surface area contributed by atoms with Crippen LogP contribution in [0.3, 0.4) is 0 Å². The number of thiocarbonyl (C=S) groups is 1. The summed E-state index contributed by atoms with van der Waals surface area (Å²) in [4.78, 5) is 18.1.